The van der Waals surface area contributed by atoms with Crippen molar-refractivity contribution in [1.82, 2.24) is 5.32 Å². The Morgan fingerprint density at radius 3 is 2.56 bits per heavy atom. The minimum atomic E-state index is 0.0473. The van der Waals surface area contributed by atoms with Crippen molar-refractivity contribution in [2.75, 3.05) is 26.8 Å². The molecule has 4 heteroatoms. The van der Waals surface area contributed by atoms with Crippen LogP contribution in [0.5, 0.6) is 5.75 Å². The molecule has 1 rings (SSSR count). The predicted octanol–water partition coefficient (Wildman–Crippen LogP) is 2.45. The van der Waals surface area contributed by atoms with E-state index in [1.54, 1.807) is 7.11 Å². The molecule has 0 aromatic heterocycles. The SMILES string of the molecule is CCNCC(COC)Oc1ccc(Br)cc1. The lowest BCUT2D eigenvalue weighted by Gasteiger charge is -2.18. The summed E-state index contributed by atoms with van der Waals surface area (Å²) < 4.78 is 12.0. The fourth-order valence-electron chi connectivity index (χ4n) is 1.33. The van der Waals surface area contributed by atoms with Crippen LogP contribution in [0.3, 0.4) is 0 Å². The Morgan fingerprint density at radius 2 is 2.00 bits per heavy atom. The first-order valence-electron chi connectivity index (χ1n) is 5.38. The molecule has 0 radical (unpaired) electrons. The van der Waals surface area contributed by atoms with Crippen molar-refractivity contribution in [3.8, 4) is 5.75 Å². The minimum absolute atomic E-state index is 0.0473. The lowest BCUT2D eigenvalue weighted by Crippen LogP contribution is -2.34. The molecule has 1 atom stereocenters. The van der Waals surface area contributed by atoms with Crippen LogP contribution in [0, 0.1) is 0 Å². The van der Waals surface area contributed by atoms with Crippen LogP contribution >= 0.6 is 15.9 Å². The summed E-state index contributed by atoms with van der Waals surface area (Å²) in [6.07, 6.45) is 0.0473. The van der Waals surface area contributed by atoms with Gasteiger partial charge in [-0.3, -0.25) is 0 Å². The van der Waals surface area contributed by atoms with E-state index in [2.05, 4.69) is 28.2 Å². The van der Waals surface area contributed by atoms with Gasteiger partial charge in [0.25, 0.3) is 0 Å². The number of benzene rings is 1. The second-order valence-corrected chi connectivity index (χ2v) is 4.37. The van der Waals surface area contributed by atoms with Crippen molar-refractivity contribution < 1.29 is 9.47 Å². The number of hydrogen-bond acceptors (Lipinski definition) is 3. The minimum Gasteiger partial charge on any atom is -0.487 e. The van der Waals surface area contributed by atoms with Crippen LogP contribution in [0.2, 0.25) is 0 Å². The molecule has 0 bridgehead atoms. The summed E-state index contributed by atoms with van der Waals surface area (Å²) in [5.41, 5.74) is 0. The van der Waals surface area contributed by atoms with Crippen molar-refractivity contribution in [3.63, 3.8) is 0 Å². The number of nitrogens with one attached hydrogen (secondary N) is 1. The van der Waals surface area contributed by atoms with E-state index in [0.29, 0.717) is 6.61 Å². The van der Waals surface area contributed by atoms with E-state index in [-0.39, 0.29) is 6.10 Å². The van der Waals surface area contributed by atoms with Crippen molar-refractivity contribution in [2.45, 2.75) is 13.0 Å². The van der Waals surface area contributed by atoms with Crippen LogP contribution in [-0.2, 0) is 4.74 Å². The summed E-state index contributed by atoms with van der Waals surface area (Å²) in [6, 6.07) is 7.82. The maximum absolute atomic E-state index is 5.80. The zero-order valence-corrected chi connectivity index (χ0v) is 11.3. The Balaban J connectivity index is 2.49. The van der Waals surface area contributed by atoms with Crippen LogP contribution in [0.1, 0.15) is 6.92 Å². The average Bonchev–Trinajstić information content (AvgIpc) is 2.29. The monoisotopic (exact) mass is 287 g/mol. The summed E-state index contributed by atoms with van der Waals surface area (Å²) in [7, 11) is 1.68. The van der Waals surface area contributed by atoms with Gasteiger partial charge in [0.15, 0.2) is 0 Å². The number of rotatable bonds is 7. The Morgan fingerprint density at radius 1 is 1.31 bits per heavy atom. The molecule has 3 nitrogen and oxygen atoms in total. The second-order valence-electron chi connectivity index (χ2n) is 3.46. The summed E-state index contributed by atoms with van der Waals surface area (Å²) in [5.74, 6) is 0.864. The highest BCUT2D eigenvalue weighted by Crippen LogP contribution is 2.17. The van der Waals surface area contributed by atoms with E-state index in [1.807, 2.05) is 24.3 Å². The van der Waals surface area contributed by atoms with Gasteiger partial charge in [-0.1, -0.05) is 22.9 Å². The third-order valence-electron chi connectivity index (χ3n) is 2.09. The van der Waals surface area contributed by atoms with Crippen molar-refractivity contribution in [1.29, 1.82) is 0 Å². The van der Waals surface area contributed by atoms with Gasteiger partial charge < -0.3 is 14.8 Å². The van der Waals surface area contributed by atoms with Gasteiger partial charge in [0.1, 0.15) is 11.9 Å². The Hall–Kier alpha value is -0.580. The number of ether oxygens (including phenoxy) is 2. The first-order chi connectivity index (χ1) is 7.76. The Bertz CT molecular complexity index is 290. The van der Waals surface area contributed by atoms with Gasteiger partial charge in [0.05, 0.1) is 6.61 Å². The van der Waals surface area contributed by atoms with E-state index >= 15 is 0 Å². The lowest BCUT2D eigenvalue weighted by molar-refractivity contribution is 0.0810. The van der Waals surface area contributed by atoms with Crippen LogP contribution in [0.15, 0.2) is 28.7 Å². The number of methoxy groups -OCH3 is 1. The number of hydrogen-bond donors (Lipinski definition) is 1. The third kappa shape index (κ3) is 4.96. The topological polar surface area (TPSA) is 30.5 Å². The first kappa shape index (κ1) is 13.5. The largest absolute Gasteiger partial charge is 0.487 e. The van der Waals surface area contributed by atoms with E-state index in [0.717, 1.165) is 23.3 Å². The molecule has 1 unspecified atom stereocenters. The fourth-order valence-corrected chi connectivity index (χ4v) is 1.60. The van der Waals surface area contributed by atoms with E-state index in [4.69, 9.17) is 9.47 Å². The molecule has 1 N–H and O–H groups in total. The number of halogens is 1. The van der Waals surface area contributed by atoms with Crippen LogP contribution < -0.4 is 10.1 Å². The molecule has 0 aliphatic rings. The quantitative estimate of drug-likeness (QED) is 0.836. The highest BCUT2D eigenvalue weighted by Gasteiger charge is 2.09. The van der Waals surface area contributed by atoms with E-state index in [1.165, 1.54) is 0 Å². The molecule has 0 aliphatic heterocycles. The molecule has 0 fully saturated rings. The molecule has 0 aliphatic carbocycles. The first-order valence-corrected chi connectivity index (χ1v) is 6.17. The van der Waals surface area contributed by atoms with Crippen molar-refractivity contribution >= 4 is 15.9 Å². The standard InChI is InChI=1S/C12H18BrNO2/c1-3-14-8-12(9-15-2)16-11-6-4-10(13)5-7-11/h4-7,12,14H,3,8-9H2,1-2H3. The Kier molecular flexibility index (Phi) is 6.45. The average molecular weight is 288 g/mol. The molecular formula is C12H18BrNO2. The van der Waals surface area contributed by atoms with Gasteiger partial charge in [-0.2, -0.15) is 0 Å². The van der Waals surface area contributed by atoms with Gasteiger partial charge in [-0.15, -0.1) is 0 Å². The van der Waals surface area contributed by atoms with E-state index in [9.17, 15) is 0 Å². The summed E-state index contributed by atoms with van der Waals surface area (Å²) in [6.45, 7) is 4.39. The van der Waals surface area contributed by atoms with Crippen LogP contribution in [0.4, 0.5) is 0 Å². The zero-order chi connectivity index (χ0) is 11.8. The van der Waals surface area contributed by atoms with Gasteiger partial charge in [0, 0.05) is 18.1 Å². The maximum Gasteiger partial charge on any atom is 0.134 e. The molecule has 0 amide bonds. The van der Waals surface area contributed by atoms with Crippen molar-refractivity contribution in [2.24, 2.45) is 0 Å². The molecule has 0 saturated heterocycles. The van der Waals surface area contributed by atoms with Gasteiger partial charge in [-0.25, -0.2) is 0 Å². The van der Waals surface area contributed by atoms with E-state index < -0.39 is 0 Å². The van der Waals surface area contributed by atoms with Crippen LogP contribution in [-0.4, -0.2) is 32.9 Å². The van der Waals surface area contributed by atoms with Gasteiger partial charge in [0.2, 0.25) is 0 Å². The highest BCUT2D eigenvalue weighted by atomic mass is 79.9. The van der Waals surface area contributed by atoms with Gasteiger partial charge >= 0.3 is 0 Å². The molecule has 90 valence electrons. The zero-order valence-electron chi connectivity index (χ0n) is 9.70. The molecule has 16 heavy (non-hydrogen) atoms. The molecule has 0 saturated carbocycles. The molecular weight excluding hydrogens is 270 g/mol. The summed E-state index contributed by atoms with van der Waals surface area (Å²) >= 11 is 3.39. The molecule has 1 aromatic rings. The number of likely N-dealkylation sites (N-methyl/N-ethyl adjacent to an activating group) is 1. The summed E-state index contributed by atoms with van der Waals surface area (Å²) in [5, 5.41) is 3.25. The van der Waals surface area contributed by atoms with Crippen molar-refractivity contribution in [3.05, 3.63) is 28.7 Å². The van der Waals surface area contributed by atoms with Gasteiger partial charge in [-0.05, 0) is 30.8 Å². The highest BCUT2D eigenvalue weighted by molar-refractivity contribution is 9.10. The molecule has 0 spiro atoms. The summed E-state index contributed by atoms with van der Waals surface area (Å²) in [4.78, 5) is 0. The predicted molar refractivity (Wildman–Crippen MR) is 69.0 cm³/mol. The fraction of sp³-hybridized carbons (Fsp3) is 0.500. The lowest BCUT2D eigenvalue weighted by atomic mass is 10.3. The third-order valence-corrected chi connectivity index (χ3v) is 2.62. The second kappa shape index (κ2) is 7.65. The molecule has 1 aromatic carbocycles. The van der Waals surface area contributed by atoms with Crippen LogP contribution in [0.25, 0.3) is 0 Å². The molecule has 0 heterocycles. The normalized spacial score (nSPS) is 12.4. The smallest absolute Gasteiger partial charge is 0.134 e. The Labute approximate surface area is 105 Å². The maximum atomic E-state index is 5.80.